The lowest BCUT2D eigenvalue weighted by atomic mass is 9.93. The molecule has 2 atom stereocenters. The van der Waals surface area contributed by atoms with Crippen molar-refractivity contribution in [1.82, 2.24) is 10.2 Å². The number of nitrogens with one attached hydrogen (secondary N) is 1. The molecular weight excluding hydrogens is 547 g/mol. The molecule has 4 aromatic rings. The highest BCUT2D eigenvalue weighted by Gasteiger charge is 2.34. The second-order valence-corrected chi connectivity index (χ2v) is 11.0. The lowest BCUT2D eigenvalue weighted by Gasteiger charge is -2.25. The fourth-order valence-electron chi connectivity index (χ4n) is 5.44. The Morgan fingerprint density at radius 3 is 2.33 bits per heavy atom. The second kappa shape index (κ2) is 12.3. The van der Waals surface area contributed by atoms with Crippen LogP contribution in [-0.4, -0.2) is 42.1 Å². The minimum atomic E-state index is -0.944. The average molecular weight is 578 g/mol. The minimum Gasteiger partial charge on any atom is -0.497 e. The molecule has 1 amide bonds. The zero-order chi connectivity index (χ0) is 28.2. The Morgan fingerprint density at radius 2 is 1.62 bits per heavy atom. The Bertz CT molecular complexity index is 1520. The van der Waals surface area contributed by atoms with Gasteiger partial charge in [-0.15, -0.1) is 0 Å². The van der Waals surface area contributed by atoms with Gasteiger partial charge in [0.25, 0.3) is 5.91 Å². The molecule has 5 rings (SSSR count). The van der Waals surface area contributed by atoms with Crippen LogP contribution in [0.2, 0.25) is 10.0 Å². The molecule has 1 aliphatic rings. The number of carboxylic acids is 1. The van der Waals surface area contributed by atoms with Crippen molar-refractivity contribution < 1.29 is 19.4 Å². The number of likely N-dealkylation sites (tertiary alicyclic amines) is 1. The summed E-state index contributed by atoms with van der Waals surface area (Å²) in [5, 5.41) is 15.0. The molecule has 0 spiro atoms. The first kappa shape index (κ1) is 28.0. The Morgan fingerprint density at radius 1 is 0.925 bits per heavy atom. The summed E-state index contributed by atoms with van der Waals surface area (Å²) in [6.45, 7) is 1.63. The quantitative estimate of drug-likeness (QED) is 0.222. The number of ether oxygens (including phenoxy) is 1. The summed E-state index contributed by atoms with van der Waals surface area (Å²) in [5.41, 5.74) is 3.96. The molecule has 0 saturated carbocycles. The van der Waals surface area contributed by atoms with Crippen molar-refractivity contribution in [3.8, 4) is 5.75 Å². The highest BCUT2D eigenvalue weighted by Crippen LogP contribution is 2.43. The zero-order valence-corrected chi connectivity index (χ0v) is 23.6. The van der Waals surface area contributed by atoms with Gasteiger partial charge in [0.2, 0.25) is 0 Å². The van der Waals surface area contributed by atoms with Crippen LogP contribution in [-0.2, 0) is 11.3 Å². The molecule has 1 saturated heterocycles. The number of nitrogens with zero attached hydrogens (tertiary/aromatic N) is 1. The summed E-state index contributed by atoms with van der Waals surface area (Å²) in [6.07, 6.45) is 0.809. The third kappa shape index (κ3) is 6.58. The van der Waals surface area contributed by atoms with Crippen molar-refractivity contribution in [2.75, 3.05) is 20.2 Å². The van der Waals surface area contributed by atoms with Crippen LogP contribution in [0, 0.1) is 0 Å². The van der Waals surface area contributed by atoms with E-state index in [1.165, 1.54) is 5.56 Å². The molecule has 1 heterocycles. The maximum absolute atomic E-state index is 12.4. The first-order chi connectivity index (χ1) is 19.3. The van der Waals surface area contributed by atoms with Crippen LogP contribution >= 0.6 is 23.2 Å². The third-order valence-corrected chi connectivity index (χ3v) is 7.88. The van der Waals surface area contributed by atoms with Gasteiger partial charge >= 0.3 is 5.97 Å². The topological polar surface area (TPSA) is 78.9 Å². The zero-order valence-electron chi connectivity index (χ0n) is 22.1. The summed E-state index contributed by atoms with van der Waals surface area (Å²) in [6, 6.07) is 26.1. The van der Waals surface area contributed by atoms with Crippen LogP contribution < -0.4 is 10.1 Å². The number of hydrogen-bond acceptors (Lipinski definition) is 4. The molecule has 1 fully saturated rings. The Balaban J connectivity index is 1.39. The summed E-state index contributed by atoms with van der Waals surface area (Å²) in [7, 11) is 1.67. The van der Waals surface area contributed by atoms with E-state index in [1.807, 2.05) is 36.4 Å². The van der Waals surface area contributed by atoms with Crippen molar-refractivity contribution >= 4 is 45.9 Å². The third-order valence-electron chi connectivity index (χ3n) is 7.44. The average Bonchev–Trinajstić information content (AvgIpc) is 3.36. The van der Waals surface area contributed by atoms with Crippen LogP contribution in [0.15, 0.2) is 78.9 Å². The predicted molar refractivity (Wildman–Crippen MR) is 158 cm³/mol. The van der Waals surface area contributed by atoms with Gasteiger partial charge < -0.3 is 15.2 Å². The highest BCUT2D eigenvalue weighted by molar-refractivity contribution is 6.34. The molecular formula is C32H30Cl2N2O4. The van der Waals surface area contributed by atoms with Gasteiger partial charge in [0.1, 0.15) is 5.75 Å². The van der Waals surface area contributed by atoms with Crippen molar-refractivity contribution in [3.63, 3.8) is 0 Å². The van der Waals surface area contributed by atoms with Gasteiger partial charge in [0.15, 0.2) is 0 Å². The Labute approximate surface area is 243 Å². The van der Waals surface area contributed by atoms with E-state index in [0.29, 0.717) is 22.2 Å². The standard InChI is InChI=1S/C32H30Cl2N2O4/c1-40-29-9-8-22-12-24(7-6-23(22)15-29)30-16-26(25-13-27(33)17-28(34)14-25)19-36(30)18-20-2-4-21(5-3-20)32(39)35-11-10-31(37)38/h2-9,12-15,17,26,30H,10-11,16,18-19H2,1H3,(H,35,39)(H,37,38)/t26-,30-/m1/s1. The first-order valence-electron chi connectivity index (χ1n) is 13.2. The molecule has 1 aliphatic heterocycles. The van der Waals surface area contributed by atoms with E-state index in [1.54, 1.807) is 25.3 Å². The van der Waals surface area contributed by atoms with Crippen LogP contribution in [0.4, 0.5) is 0 Å². The second-order valence-electron chi connectivity index (χ2n) is 10.1. The number of carboxylic acid groups (broad SMARTS) is 1. The van der Waals surface area contributed by atoms with Gasteiger partial charge in [0, 0.05) is 41.3 Å². The number of carbonyl (C=O) groups excluding carboxylic acids is 1. The molecule has 0 unspecified atom stereocenters. The largest absolute Gasteiger partial charge is 0.497 e. The lowest BCUT2D eigenvalue weighted by molar-refractivity contribution is -0.136. The fraction of sp³-hybridized carbons (Fsp3) is 0.250. The molecule has 0 aliphatic carbocycles. The van der Waals surface area contributed by atoms with E-state index < -0.39 is 5.97 Å². The van der Waals surface area contributed by atoms with E-state index in [4.69, 9.17) is 33.0 Å². The molecule has 0 radical (unpaired) electrons. The van der Waals surface area contributed by atoms with E-state index in [2.05, 4.69) is 34.5 Å². The Hall–Kier alpha value is -3.58. The lowest BCUT2D eigenvalue weighted by Crippen LogP contribution is -2.26. The van der Waals surface area contributed by atoms with Crippen molar-refractivity contribution in [3.05, 3.63) is 111 Å². The normalized spacial score (nSPS) is 17.2. The van der Waals surface area contributed by atoms with Crippen molar-refractivity contribution in [1.29, 1.82) is 0 Å². The number of fused-ring (bicyclic) bond motifs is 1. The van der Waals surface area contributed by atoms with Gasteiger partial charge in [-0.3, -0.25) is 14.5 Å². The number of hydrogen-bond donors (Lipinski definition) is 2. The van der Waals surface area contributed by atoms with Gasteiger partial charge in [-0.25, -0.2) is 0 Å². The number of rotatable bonds is 9. The smallest absolute Gasteiger partial charge is 0.305 e. The van der Waals surface area contributed by atoms with Crippen molar-refractivity contribution in [2.45, 2.75) is 31.3 Å². The molecule has 40 heavy (non-hydrogen) atoms. The monoisotopic (exact) mass is 576 g/mol. The number of methoxy groups -OCH3 is 1. The summed E-state index contributed by atoms with van der Waals surface area (Å²) >= 11 is 12.7. The van der Waals surface area contributed by atoms with E-state index in [9.17, 15) is 9.59 Å². The molecule has 2 N–H and O–H groups in total. The van der Waals surface area contributed by atoms with Crippen LogP contribution in [0.5, 0.6) is 5.75 Å². The SMILES string of the molecule is COc1ccc2cc([C@H]3C[C@@H](c4cc(Cl)cc(Cl)c4)CN3Cc3ccc(C(=O)NCCC(=O)O)cc3)ccc2c1. The maximum Gasteiger partial charge on any atom is 0.305 e. The minimum absolute atomic E-state index is 0.0961. The van der Waals surface area contributed by atoms with Crippen LogP contribution in [0.1, 0.15) is 51.8 Å². The van der Waals surface area contributed by atoms with Gasteiger partial charge in [-0.05, 0) is 88.3 Å². The predicted octanol–water partition coefficient (Wildman–Crippen LogP) is 7.09. The van der Waals surface area contributed by atoms with Crippen molar-refractivity contribution in [2.24, 2.45) is 0 Å². The summed E-state index contributed by atoms with van der Waals surface area (Å²) < 4.78 is 5.39. The van der Waals surface area contributed by atoms with E-state index in [-0.39, 0.29) is 30.8 Å². The summed E-state index contributed by atoms with van der Waals surface area (Å²) in [4.78, 5) is 25.6. The number of aliphatic carboxylic acids is 1. The van der Waals surface area contributed by atoms with Crippen LogP contribution in [0.3, 0.4) is 0 Å². The maximum atomic E-state index is 12.4. The van der Waals surface area contributed by atoms with Gasteiger partial charge in [-0.2, -0.15) is 0 Å². The highest BCUT2D eigenvalue weighted by atomic mass is 35.5. The van der Waals surface area contributed by atoms with Gasteiger partial charge in [-0.1, -0.05) is 53.5 Å². The molecule has 4 aromatic carbocycles. The molecule has 0 aromatic heterocycles. The molecule has 0 bridgehead atoms. The Kier molecular flexibility index (Phi) is 8.60. The number of halogens is 2. The van der Waals surface area contributed by atoms with Crippen LogP contribution in [0.25, 0.3) is 10.8 Å². The van der Waals surface area contributed by atoms with E-state index >= 15 is 0 Å². The number of benzene rings is 4. The molecule has 6 nitrogen and oxygen atoms in total. The number of amides is 1. The molecule has 8 heteroatoms. The van der Waals surface area contributed by atoms with E-state index in [0.717, 1.165) is 40.6 Å². The molecule has 206 valence electrons. The first-order valence-corrected chi connectivity index (χ1v) is 13.9. The van der Waals surface area contributed by atoms with Gasteiger partial charge in [0.05, 0.1) is 13.5 Å². The summed E-state index contributed by atoms with van der Waals surface area (Å²) in [5.74, 6) is -0.135. The fourth-order valence-corrected chi connectivity index (χ4v) is 5.98. The number of carbonyl (C=O) groups is 2.